The Balaban J connectivity index is 0.000000216. The minimum absolute atomic E-state index is 0.0423. The van der Waals surface area contributed by atoms with Crippen LogP contribution in [0.1, 0.15) is 70.4 Å². The third-order valence-corrected chi connectivity index (χ3v) is 9.61. The van der Waals surface area contributed by atoms with E-state index in [-0.39, 0.29) is 93.6 Å². The summed E-state index contributed by atoms with van der Waals surface area (Å²) in [7, 11) is 0. The molecule has 0 saturated carbocycles. The van der Waals surface area contributed by atoms with Gasteiger partial charge in [-0.1, -0.05) is 107 Å². The number of benzene rings is 4. The zero-order valence-electron chi connectivity index (χ0n) is 39.1. The fourth-order valence-electron chi connectivity index (χ4n) is 5.94. The summed E-state index contributed by atoms with van der Waals surface area (Å²) in [5, 5.41) is 6.31. The van der Waals surface area contributed by atoms with Gasteiger partial charge in [-0.15, -0.1) is 10.1 Å². The number of carbonyl (C=O) groups is 12. The van der Waals surface area contributed by atoms with Crippen molar-refractivity contribution in [3.05, 3.63) is 144 Å². The summed E-state index contributed by atoms with van der Waals surface area (Å²) in [6.07, 6.45) is -4.47. The number of hydroxylamine groups is 9. The van der Waals surface area contributed by atoms with Crippen molar-refractivity contribution in [2.24, 2.45) is 0 Å². The number of rotatable bonds is 16. The van der Waals surface area contributed by atoms with E-state index in [1.165, 1.54) is 12.1 Å². The normalized spacial score (nSPS) is 13.6. The van der Waals surface area contributed by atoms with Crippen molar-refractivity contribution in [3.8, 4) is 0 Å². The molecule has 0 spiro atoms. The molecule has 3 fully saturated rings. The molecule has 7 rings (SSSR count). The summed E-state index contributed by atoms with van der Waals surface area (Å²) < 4.78 is 10.1. The Kier molecular flexibility index (Phi) is 21.5. The molecule has 9 amide bonds. The van der Waals surface area contributed by atoms with E-state index >= 15 is 0 Å². The number of amides is 9. The van der Waals surface area contributed by atoms with Crippen molar-refractivity contribution in [1.29, 1.82) is 0 Å². The Morgan fingerprint density at radius 2 is 0.811 bits per heavy atom. The molecule has 388 valence electrons. The van der Waals surface area contributed by atoms with Gasteiger partial charge >= 0.3 is 36.4 Å². The number of nitrogens with one attached hydrogen (secondary N) is 3. The number of ether oxygens (including phenoxy) is 2. The molecule has 4 aromatic rings. The van der Waals surface area contributed by atoms with Gasteiger partial charge in [0.25, 0.3) is 35.4 Å². The summed E-state index contributed by atoms with van der Waals surface area (Å²) in [5.41, 5.74) is 4.80. The maximum absolute atomic E-state index is 12.5. The number of nitrogens with zero attached hydrogens (tertiary/aromatic N) is 4. The standard InChI is InChI=1S/C22H21N3O8.C17H18N2O4.C9H8N2O7/c26-18-11-12-19(27)25(18)33-22(30)24(32-20(28)17-9-5-2-6-10-17)14-13-23-21(29)31-15-16-7-3-1-4-8-16;20-16(15-9-5-2-6-10-15)23-19-12-11-18-17(21)22-13-14-7-3-1-4-8-14;12-5-1-2-6(13)10(5)17-9(16)18-11-7(14)3-4-8(11)15/h1-10H,11-15H2,(H,23,29);1-10,19H,11-13H2,(H,18,21);1-4H2. The van der Waals surface area contributed by atoms with Crippen molar-refractivity contribution in [3.63, 3.8) is 0 Å². The third-order valence-electron chi connectivity index (χ3n) is 9.61. The topological polar surface area (TPSA) is 318 Å². The molecular formula is C48H47N7O19. The van der Waals surface area contributed by atoms with Gasteiger partial charge in [-0.05, 0) is 35.4 Å². The molecule has 74 heavy (non-hydrogen) atoms. The van der Waals surface area contributed by atoms with Crippen LogP contribution in [0.3, 0.4) is 0 Å². The van der Waals surface area contributed by atoms with Gasteiger partial charge in [0.2, 0.25) is 0 Å². The van der Waals surface area contributed by atoms with Gasteiger partial charge in [0.05, 0.1) is 17.7 Å². The van der Waals surface area contributed by atoms with Crippen molar-refractivity contribution in [2.75, 3.05) is 26.2 Å². The molecule has 0 aromatic heterocycles. The smallest absolute Gasteiger partial charge is 0.445 e. The van der Waals surface area contributed by atoms with Gasteiger partial charge in [0.1, 0.15) is 13.2 Å². The second-order valence-corrected chi connectivity index (χ2v) is 15.0. The molecule has 3 aliphatic rings. The van der Waals surface area contributed by atoms with Crippen LogP contribution in [-0.4, -0.2) is 118 Å². The van der Waals surface area contributed by atoms with Gasteiger partial charge in [-0.2, -0.15) is 10.3 Å². The Morgan fingerprint density at radius 3 is 1.23 bits per heavy atom. The monoisotopic (exact) mass is 1030 g/mol. The van der Waals surface area contributed by atoms with Crippen molar-refractivity contribution in [1.82, 2.24) is 36.4 Å². The molecule has 0 unspecified atom stereocenters. The molecule has 0 bridgehead atoms. The van der Waals surface area contributed by atoms with Crippen molar-refractivity contribution >= 4 is 71.8 Å². The first-order chi connectivity index (χ1) is 35.7. The predicted molar refractivity (Wildman–Crippen MR) is 245 cm³/mol. The summed E-state index contributed by atoms with van der Waals surface area (Å²) in [6, 6.07) is 34.9. The van der Waals surface area contributed by atoms with Gasteiger partial charge in [-0.3, -0.25) is 38.4 Å². The second-order valence-electron chi connectivity index (χ2n) is 15.0. The van der Waals surface area contributed by atoms with Crippen LogP contribution in [0.4, 0.5) is 19.2 Å². The Morgan fingerprint density at radius 1 is 0.446 bits per heavy atom. The lowest BCUT2D eigenvalue weighted by atomic mass is 10.2. The van der Waals surface area contributed by atoms with Crippen LogP contribution in [-0.2, 0) is 75.6 Å². The van der Waals surface area contributed by atoms with Crippen LogP contribution in [0.15, 0.2) is 121 Å². The van der Waals surface area contributed by atoms with E-state index in [0.29, 0.717) is 15.7 Å². The van der Waals surface area contributed by atoms with Crippen LogP contribution in [0.5, 0.6) is 0 Å². The van der Waals surface area contributed by atoms with Crippen LogP contribution in [0, 0.1) is 0 Å². The highest BCUT2D eigenvalue weighted by molar-refractivity contribution is 6.03. The van der Waals surface area contributed by atoms with Gasteiger partial charge in [0, 0.05) is 58.2 Å². The van der Waals surface area contributed by atoms with E-state index < -0.39 is 71.8 Å². The van der Waals surface area contributed by atoms with Crippen LogP contribution >= 0.6 is 0 Å². The highest BCUT2D eigenvalue weighted by Crippen LogP contribution is 2.17. The summed E-state index contributed by atoms with van der Waals surface area (Å²) in [5.74, 6) is -5.47. The molecule has 3 N–H and O–H groups in total. The number of hydrogen-bond acceptors (Lipinski definition) is 20. The summed E-state index contributed by atoms with van der Waals surface area (Å²) in [4.78, 5) is 162. The van der Waals surface area contributed by atoms with E-state index in [9.17, 15) is 57.5 Å². The van der Waals surface area contributed by atoms with E-state index in [1.807, 2.05) is 42.5 Å². The zero-order valence-corrected chi connectivity index (χ0v) is 39.1. The summed E-state index contributed by atoms with van der Waals surface area (Å²) >= 11 is 0. The highest BCUT2D eigenvalue weighted by atomic mass is 16.9. The average molecular weight is 1030 g/mol. The average Bonchev–Trinajstić information content (AvgIpc) is 4.03. The van der Waals surface area contributed by atoms with Crippen molar-refractivity contribution in [2.45, 2.75) is 51.7 Å². The van der Waals surface area contributed by atoms with Crippen LogP contribution in [0.25, 0.3) is 0 Å². The molecule has 0 aliphatic carbocycles. The van der Waals surface area contributed by atoms with E-state index in [1.54, 1.807) is 66.7 Å². The highest BCUT2D eigenvalue weighted by Gasteiger charge is 2.38. The molecule has 3 aliphatic heterocycles. The molecule has 0 atom stereocenters. The lowest BCUT2D eigenvalue weighted by Gasteiger charge is -2.22. The summed E-state index contributed by atoms with van der Waals surface area (Å²) in [6.45, 7) is 0.291. The van der Waals surface area contributed by atoms with Crippen molar-refractivity contribution < 1.29 is 91.2 Å². The van der Waals surface area contributed by atoms with E-state index in [0.717, 1.165) is 11.1 Å². The number of hydrogen-bond donors (Lipinski definition) is 3. The fraction of sp³-hybridized carbons (Fsp3) is 0.250. The minimum Gasteiger partial charge on any atom is -0.445 e. The van der Waals surface area contributed by atoms with E-state index in [2.05, 4.69) is 25.8 Å². The SMILES string of the molecule is O=C(NCCN(OC(=O)c1ccccc1)C(=O)ON1C(=O)CCC1=O)OCc1ccccc1.O=C(NCCNOC(=O)c1ccccc1)OCc1ccccc1.O=C(ON1C(=O)CCC1=O)ON1C(=O)CCC1=O. The number of alkyl carbamates (subject to hydrolysis) is 2. The lowest BCUT2D eigenvalue weighted by Crippen LogP contribution is -2.44. The zero-order chi connectivity index (χ0) is 53.2. The fourth-order valence-corrected chi connectivity index (χ4v) is 5.94. The van der Waals surface area contributed by atoms with Crippen LogP contribution < -0.4 is 16.1 Å². The Labute approximate surface area is 420 Å². The molecule has 3 saturated heterocycles. The first-order valence-electron chi connectivity index (χ1n) is 22.3. The molecular weight excluding hydrogens is 979 g/mol. The third kappa shape index (κ3) is 18.2. The molecule has 26 heteroatoms. The Bertz CT molecular complexity index is 2560. The molecule has 3 heterocycles. The van der Waals surface area contributed by atoms with E-state index in [4.69, 9.17) is 24.0 Å². The first kappa shape index (κ1) is 55.2. The number of carbonyl (C=O) groups excluding carboxylic acids is 12. The minimum atomic E-state index is -1.48. The number of imide groups is 3. The first-order valence-corrected chi connectivity index (χ1v) is 22.3. The quantitative estimate of drug-likeness (QED) is 0.0623. The maximum atomic E-state index is 12.5. The van der Waals surface area contributed by atoms with Gasteiger partial charge in [-0.25, -0.2) is 24.0 Å². The maximum Gasteiger partial charge on any atom is 0.560 e. The Hall–Kier alpha value is -9.72. The molecule has 0 radical (unpaired) electrons. The molecule has 4 aromatic carbocycles. The second kappa shape index (κ2) is 28.8. The van der Waals surface area contributed by atoms with Crippen LogP contribution in [0.2, 0.25) is 0 Å². The predicted octanol–water partition coefficient (Wildman–Crippen LogP) is 3.73. The van der Waals surface area contributed by atoms with Gasteiger partial charge in [0.15, 0.2) is 0 Å². The lowest BCUT2D eigenvalue weighted by molar-refractivity contribution is -0.198. The van der Waals surface area contributed by atoms with Gasteiger partial charge < -0.3 is 34.6 Å². The molecule has 26 nitrogen and oxygen atoms in total. The largest absolute Gasteiger partial charge is 0.560 e.